The number of allylic oxidation sites excluding steroid dienone is 2. The molecule has 0 aliphatic carbocycles. The van der Waals surface area contributed by atoms with Crippen LogP contribution in [0.15, 0.2) is 12.2 Å². The summed E-state index contributed by atoms with van der Waals surface area (Å²) in [5.41, 5.74) is 0. The lowest BCUT2D eigenvalue weighted by molar-refractivity contribution is 0.936. The normalized spacial score (nSPS) is 14.6. The lowest BCUT2D eigenvalue weighted by Gasteiger charge is -1.93. The Morgan fingerprint density at radius 3 is 2.56 bits per heavy atom. The third kappa shape index (κ3) is 8.22. The van der Waals surface area contributed by atoms with Crippen LogP contribution in [0, 0.1) is 0 Å². The fraction of sp³-hybridized carbons (Fsp3) is 0.750. The zero-order chi connectivity index (χ0) is 7.11. The summed E-state index contributed by atoms with van der Waals surface area (Å²) in [4.78, 5) is 0.630. The van der Waals surface area contributed by atoms with Crippen LogP contribution in [0.25, 0.3) is 0 Å². The van der Waals surface area contributed by atoms with Crippen LogP contribution in [0.1, 0.15) is 33.1 Å². The molecular formula is C8H15Br. The first-order valence-corrected chi connectivity index (χ1v) is 4.48. The van der Waals surface area contributed by atoms with Crippen molar-refractivity contribution >= 4 is 15.9 Å². The average Bonchev–Trinajstić information content (AvgIpc) is 1.80. The van der Waals surface area contributed by atoms with Gasteiger partial charge in [0.15, 0.2) is 0 Å². The maximum absolute atomic E-state index is 3.48. The quantitative estimate of drug-likeness (QED) is 0.471. The molecule has 1 atom stereocenters. The molecule has 1 heteroatoms. The highest BCUT2D eigenvalue weighted by atomic mass is 79.9. The van der Waals surface area contributed by atoms with E-state index in [1.54, 1.807) is 0 Å². The molecule has 0 saturated heterocycles. The number of hydrogen-bond acceptors (Lipinski definition) is 0. The van der Waals surface area contributed by atoms with E-state index < -0.39 is 0 Å². The summed E-state index contributed by atoms with van der Waals surface area (Å²) in [7, 11) is 0. The first-order chi connectivity index (χ1) is 4.27. The largest absolute Gasteiger partial charge is 0.0890 e. The van der Waals surface area contributed by atoms with E-state index in [0.717, 1.165) is 6.42 Å². The van der Waals surface area contributed by atoms with Crippen molar-refractivity contribution in [3.63, 3.8) is 0 Å². The second-order valence-electron chi connectivity index (χ2n) is 2.28. The Morgan fingerprint density at radius 2 is 2.11 bits per heavy atom. The first-order valence-electron chi connectivity index (χ1n) is 3.56. The highest BCUT2D eigenvalue weighted by Gasteiger charge is 1.87. The van der Waals surface area contributed by atoms with Crippen LogP contribution in [-0.4, -0.2) is 4.83 Å². The van der Waals surface area contributed by atoms with Crippen molar-refractivity contribution in [2.45, 2.75) is 37.9 Å². The molecule has 54 valence electrons. The summed E-state index contributed by atoms with van der Waals surface area (Å²) in [6.45, 7) is 4.36. The molecule has 9 heavy (non-hydrogen) atoms. The predicted octanol–water partition coefficient (Wildman–Crippen LogP) is 3.52. The van der Waals surface area contributed by atoms with Crippen molar-refractivity contribution in [2.75, 3.05) is 0 Å². The van der Waals surface area contributed by atoms with Crippen LogP contribution in [-0.2, 0) is 0 Å². The molecule has 0 heterocycles. The van der Waals surface area contributed by atoms with Crippen LogP contribution < -0.4 is 0 Å². The molecule has 0 fully saturated rings. The third-order valence-corrected chi connectivity index (χ3v) is 1.46. The van der Waals surface area contributed by atoms with Gasteiger partial charge in [-0.25, -0.2) is 0 Å². The SMILES string of the molecule is CCC/C=C/CC(C)Br. The minimum absolute atomic E-state index is 0.630. The van der Waals surface area contributed by atoms with Crippen LogP contribution in [0.4, 0.5) is 0 Å². The molecule has 0 rings (SSSR count). The lowest BCUT2D eigenvalue weighted by Crippen LogP contribution is -1.83. The van der Waals surface area contributed by atoms with E-state index in [4.69, 9.17) is 0 Å². The number of alkyl halides is 1. The Balaban J connectivity index is 3.04. The van der Waals surface area contributed by atoms with Gasteiger partial charge in [0.05, 0.1) is 0 Å². The third-order valence-electron chi connectivity index (χ3n) is 1.08. The molecule has 0 spiro atoms. The molecule has 0 aromatic carbocycles. The molecule has 0 bridgehead atoms. The topological polar surface area (TPSA) is 0 Å². The second-order valence-corrected chi connectivity index (χ2v) is 3.84. The molecule has 0 aromatic rings. The highest BCUT2D eigenvalue weighted by molar-refractivity contribution is 9.09. The molecule has 1 unspecified atom stereocenters. The Hall–Kier alpha value is 0.220. The highest BCUT2D eigenvalue weighted by Crippen LogP contribution is 2.03. The predicted molar refractivity (Wildman–Crippen MR) is 47.1 cm³/mol. The van der Waals surface area contributed by atoms with Gasteiger partial charge < -0.3 is 0 Å². The summed E-state index contributed by atoms with van der Waals surface area (Å²) in [5, 5.41) is 0. The van der Waals surface area contributed by atoms with Crippen molar-refractivity contribution in [2.24, 2.45) is 0 Å². The first kappa shape index (κ1) is 9.22. The maximum atomic E-state index is 3.48. The Morgan fingerprint density at radius 1 is 1.44 bits per heavy atom. The average molecular weight is 191 g/mol. The minimum atomic E-state index is 0.630. The second kappa shape index (κ2) is 6.34. The summed E-state index contributed by atoms with van der Waals surface area (Å²) >= 11 is 3.48. The summed E-state index contributed by atoms with van der Waals surface area (Å²) in [6, 6.07) is 0. The molecule has 0 N–H and O–H groups in total. The van der Waals surface area contributed by atoms with Gasteiger partial charge in [0.1, 0.15) is 0 Å². The lowest BCUT2D eigenvalue weighted by atomic mass is 10.2. The number of hydrogen-bond donors (Lipinski definition) is 0. The van der Waals surface area contributed by atoms with E-state index in [-0.39, 0.29) is 0 Å². The van der Waals surface area contributed by atoms with Gasteiger partial charge in [0.2, 0.25) is 0 Å². The van der Waals surface area contributed by atoms with Gasteiger partial charge in [-0.15, -0.1) is 0 Å². The molecule has 0 aliphatic heterocycles. The van der Waals surface area contributed by atoms with E-state index in [1.807, 2.05) is 0 Å². The number of rotatable bonds is 4. The van der Waals surface area contributed by atoms with E-state index in [1.165, 1.54) is 12.8 Å². The van der Waals surface area contributed by atoms with Gasteiger partial charge in [-0.3, -0.25) is 0 Å². The molecule has 0 aliphatic rings. The van der Waals surface area contributed by atoms with Crippen molar-refractivity contribution in [3.8, 4) is 0 Å². The molecule has 0 amide bonds. The van der Waals surface area contributed by atoms with E-state index in [0.29, 0.717) is 4.83 Å². The van der Waals surface area contributed by atoms with Crippen molar-refractivity contribution in [3.05, 3.63) is 12.2 Å². The monoisotopic (exact) mass is 190 g/mol. The Kier molecular flexibility index (Phi) is 6.50. The van der Waals surface area contributed by atoms with Gasteiger partial charge >= 0.3 is 0 Å². The Bertz CT molecular complexity index is 74.6. The molecule has 0 radical (unpaired) electrons. The van der Waals surface area contributed by atoms with Gasteiger partial charge in [0.25, 0.3) is 0 Å². The zero-order valence-corrected chi connectivity index (χ0v) is 7.82. The van der Waals surface area contributed by atoms with Gasteiger partial charge in [-0.1, -0.05) is 48.4 Å². The van der Waals surface area contributed by atoms with Crippen molar-refractivity contribution in [1.29, 1.82) is 0 Å². The molecule has 0 aromatic heterocycles. The van der Waals surface area contributed by atoms with E-state index in [2.05, 4.69) is 41.9 Å². The molecular weight excluding hydrogens is 176 g/mol. The minimum Gasteiger partial charge on any atom is -0.0890 e. The summed E-state index contributed by atoms with van der Waals surface area (Å²) < 4.78 is 0. The van der Waals surface area contributed by atoms with Crippen molar-refractivity contribution in [1.82, 2.24) is 0 Å². The number of unbranched alkanes of at least 4 members (excludes halogenated alkanes) is 1. The van der Waals surface area contributed by atoms with E-state index in [9.17, 15) is 0 Å². The summed E-state index contributed by atoms with van der Waals surface area (Å²) in [6.07, 6.45) is 8.12. The summed E-state index contributed by atoms with van der Waals surface area (Å²) in [5.74, 6) is 0. The zero-order valence-electron chi connectivity index (χ0n) is 6.23. The van der Waals surface area contributed by atoms with Gasteiger partial charge in [-0.05, 0) is 12.8 Å². The van der Waals surface area contributed by atoms with Gasteiger partial charge in [-0.2, -0.15) is 0 Å². The number of halogens is 1. The Labute approximate surface area is 66.5 Å². The fourth-order valence-electron chi connectivity index (χ4n) is 0.568. The van der Waals surface area contributed by atoms with Gasteiger partial charge in [0, 0.05) is 4.83 Å². The maximum Gasteiger partial charge on any atom is 0.0152 e. The van der Waals surface area contributed by atoms with Crippen LogP contribution >= 0.6 is 15.9 Å². The van der Waals surface area contributed by atoms with Crippen LogP contribution in [0.2, 0.25) is 0 Å². The van der Waals surface area contributed by atoms with E-state index >= 15 is 0 Å². The fourth-order valence-corrected chi connectivity index (χ4v) is 0.784. The molecule has 0 saturated carbocycles. The molecule has 0 nitrogen and oxygen atoms in total. The van der Waals surface area contributed by atoms with Crippen molar-refractivity contribution < 1.29 is 0 Å². The standard InChI is InChI=1S/C8H15Br/c1-3-4-5-6-7-8(2)9/h5-6,8H,3-4,7H2,1-2H3/b6-5+. The van der Waals surface area contributed by atoms with Crippen LogP contribution in [0.5, 0.6) is 0 Å². The smallest absolute Gasteiger partial charge is 0.0152 e. The van der Waals surface area contributed by atoms with Crippen LogP contribution in [0.3, 0.4) is 0 Å².